The van der Waals surface area contributed by atoms with Crippen LogP contribution in [0.2, 0.25) is 0 Å². The van der Waals surface area contributed by atoms with Gasteiger partial charge in [-0.05, 0) is 39.0 Å². The third kappa shape index (κ3) is 1.92. The molecule has 14 heavy (non-hydrogen) atoms. The Morgan fingerprint density at radius 3 is 2.43 bits per heavy atom. The van der Waals surface area contributed by atoms with E-state index in [0.717, 1.165) is 12.8 Å². The van der Waals surface area contributed by atoms with Crippen molar-refractivity contribution in [1.82, 2.24) is 0 Å². The lowest BCUT2D eigenvalue weighted by Crippen LogP contribution is -2.25. The molecule has 0 radical (unpaired) electrons. The lowest BCUT2D eigenvalue weighted by molar-refractivity contribution is 0.0493. The summed E-state index contributed by atoms with van der Waals surface area (Å²) in [5, 5.41) is 0. The zero-order valence-electron chi connectivity index (χ0n) is 8.20. The molecule has 2 fully saturated rings. The van der Waals surface area contributed by atoms with E-state index in [1.54, 1.807) is 0 Å². The van der Waals surface area contributed by atoms with Crippen molar-refractivity contribution >= 4 is 19.7 Å². The second kappa shape index (κ2) is 3.35. The van der Waals surface area contributed by atoms with Gasteiger partial charge in [-0.1, -0.05) is 0 Å². The van der Waals surface area contributed by atoms with Crippen LogP contribution in [0.3, 0.4) is 0 Å². The van der Waals surface area contributed by atoms with Crippen LogP contribution in [0.1, 0.15) is 39.0 Å². The standard InChI is InChI=1S/C9H15ClO3S/c1-7-2-3-8(13-7)6-9(4-5-9)14(10,11)12/h7-8H,2-6H2,1H3. The fourth-order valence-corrected chi connectivity index (χ4v) is 3.76. The molecule has 0 spiro atoms. The van der Waals surface area contributed by atoms with E-state index in [-0.39, 0.29) is 12.2 Å². The molecule has 0 aromatic heterocycles. The lowest BCUT2D eigenvalue weighted by Gasteiger charge is -2.16. The number of ether oxygens (including phenoxy) is 1. The summed E-state index contributed by atoms with van der Waals surface area (Å²) in [7, 11) is 2.01. The molecular formula is C9H15ClO3S. The van der Waals surface area contributed by atoms with Crippen molar-refractivity contribution in [3.8, 4) is 0 Å². The molecule has 2 rings (SSSR count). The third-order valence-electron chi connectivity index (χ3n) is 3.24. The zero-order chi connectivity index (χ0) is 10.4. The molecular weight excluding hydrogens is 224 g/mol. The Morgan fingerprint density at radius 1 is 1.43 bits per heavy atom. The van der Waals surface area contributed by atoms with Gasteiger partial charge >= 0.3 is 0 Å². The maximum atomic E-state index is 11.3. The summed E-state index contributed by atoms with van der Waals surface area (Å²) < 4.78 is 27.5. The van der Waals surface area contributed by atoms with Gasteiger partial charge in [-0.25, -0.2) is 8.42 Å². The quantitative estimate of drug-likeness (QED) is 0.707. The molecule has 0 N–H and O–H groups in total. The second-order valence-corrected chi connectivity index (χ2v) is 7.43. The smallest absolute Gasteiger partial charge is 0.238 e. The van der Waals surface area contributed by atoms with Crippen LogP contribution in [0.4, 0.5) is 0 Å². The zero-order valence-corrected chi connectivity index (χ0v) is 9.77. The van der Waals surface area contributed by atoms with Crippen LogP contribution in [0.15, 0.2) is 0 Å². The van der Waals surface area contributed by atoms with E-state index < -0.39 is 13.8 Å². The van der Waals surface area contributed by atoms with Crippen LogP contribution in [0.25, 0.3) is 0 Å². The van der Waals surface area contributed by atoms with Gasteiger partial charge in [0.15, 0.2) is 0 Å². The molecule has 0 amide bonds. The predicted molar refractivity (Wildman–Crippen MR) is 54.9 cm³/mol. The molecule has 0 bridgehead atoms. The first kappa shape index (κ1) is 10.7. The lowest BCUT2D eigenvalue weighted by atomic mass is 10.1. The Hall–Kier alpha value is 0.200. The predicted octanol–water partition coefficient (Wildman–Crippen LogP) is 2.05. The highest BCUT2D eigenvalue weighted by atomic mass is 35.7. The van der Waals surface area contributed by atoms with Crippen molar-refractivity contribution in [2.75, 3.05) is 0 Å². The average Bonchev–Trinajstić information content (AvgIpc) is 2.71. The summed E-state index contributed by atoms with van der Waals surface area (Å²) in [5.74, 6) is 0. The van der Waals surface area contributed by atoms with E-state index >= 15 is 0 Å². The van der Waals surface area contributed by atoms with Gasteiger partial charge in [0.05, 0.1) is 17.0 Å². The fourth-order valence-electron chi connectivity index (χ4n) is 2.14. The maximum absolute atomic E-state index is 11.3. The molecule has 1 heterocycles. The molecule has 1 saturated carbocycles. The van der Waals surface area contributed by atoms with E-state index in [1.807, 2.05) is 6.92 Å². The van der Waals surface area contributed by atoms with Crippen LogP contribution in [0.5, 0.6) is 0 Å². The number of hydrogen-bond donors (Lipinski definition) is 0. The topological polar surface area (TPSA) is 43.4 Å². The highest BCUT2D eigenvalue weighted by Crippen LogP contribution is 2.50. The van der Waals surface area contributed by atoms with Gasteiger partial charge in [0.1, 0.15) is 0 Å². The molecule has 82 valence electrons. The van der Waals surface area contributed by atoms with Gasteiger partial charge in [-0.15, -0.1) is 0 Å². The van der Waals surface area contributed by atoms with E-state index in [9.17, 15) is 8.42 Å². The van der Waals surface area contributed by atoms with Crippen LogP contribution in [-0.4, -0.2) is 25.4 Å². The first-order valence-corrected chi connectivity index (χ1v) is 7.34. The summed E-state index contributed by atoms with van der Waals surface area (Å²) in [6, 6.07) is 0. The second-order valence-electron chi connectivity index (χ2n) is 4.47. The SMILES string of the molecule is CC1CCC(CC2(S(=O)(=O)Cl)CC2)O1. The Labute approximate surface area is 89.2 Å². The summed E-state index contributed by atoms with van der Waals surface area (Å²) in [4.78, 5) is 0. The van der Waals surface area contributed by atoms with Crippen LogP contribution in [-0.2, 0) is 13.8 Å². The summed E-state index contributed by atoms with van der Waals surface area (Å²) >= 11 is 0. The van der Waals surface area contributed by atoms with Crippen LogP contribution >= 0.6 is 10.7 Å². The number of hydrogen-bond acceptors (Lipinski definition) is 3. The van der Waals surface area contributed by atoms with E-state index in [1.165, 1.54) is 0 Å². The Kier molecular flexibility index (Phi) is 2.57. The first-order chi connectivity index (χ1) is 6.43. The van der Waals surface area contributed by atoms with Crippen LogP contribution < -0.4 is 0 Å². The van der Waals surface area contributed by atoms with Crippen molar-refractivity contribution in [1.29, 1.82) is 0 Å². The Balaban J connectivity index is 1.98. The summed E-state index contributed by atoms with van der Waals surface area (Å²) in [6.45, 7) is 2.02. The molecule has 3 nitrogen and oxygen atoms in total. The van der Waals surface area contributed by atoms with Crippen molar-refractivity contribution in [2.45, 2.75) is 56.0 Å². The minimum absolute atomic E-state index is 0.0982. The molecule has 1 aliphatic carbocycles. The van der Waals surface area contributed by atoms with Gasteiger partial charge in [0.2, 0.25) is 9.05 Å². The van der Waals surface area contributed by atoms with Gasteiger partial charge in [-0.3, -0.25) is 0 Å². The molecule has 1 aliphatic heterocycles. The Morgan fingerprint density at radius 2 is 2.07 bits per heavy atom. The van der Waals surface area contributed by atoms with Crippen molar-refractivity contribution in [2.24, 2.45) is 0 Å². The van der Waals surface area contributed by atoms with Crippen molar-refractivity contribution in [3.05, 3.63) is 0 Å². The average molecular weight is 239 g/mol. The highest BCUT2D eigenvalue weighted by Gasteiger charge is 2.55. The van der Waals surface area contributed by atoms with Gasteiger partial charge in [0, 0.05) is 10.7 Å². The normalized spacial score (nSPS) is 35.9. The fraction of sp³-hybridized carbons (Fsp3) is 1.00. The minimum atomic E-state index is -3.40. The molecule has 2 unspecified atom stereocenters. The van der Waals surface area contributed by atoms with E-state index in [0.29, 0.717) is 19.3 Å². The van der Waals surface area contributed by atoms with Crippen LogP contribution in [0, 0.1) is 0 Å². The monoisotopic (exact) mass is 238 g/mol. The molecule has 5 heteroatoms. The van der Waals surface area contributed by atoms with Gasteiger partial charge in [0.25, 0.3) is 0 Å². The highest BCUT2D eigenvalue weighted by molar-refractivity contribution is 8.15. The van der Waals surface area contributed by atoms with Gasteiger partial charge < -0.3 is 4.74 Å². The van der Waals surface area contributed by atoms with Gasteiger partial charge in [-0.2, -0.15) is 0 Å². The summed E-state index contributed by atoms with van der Waals surface area (Å²) in [6.07, 6.45) is 4.36. The van der Waals surface area contributed by atoms with E-state index in [2.05, 4.69) is 0 Å². The molecule has 0 aromatic rings. The first-order valence-electron chi connectivity index (χ1n) is 5.03. The largest absolute Gasteiger partial charge is 0.375 e. The molecule has 2 atom stereocenters. The number of halogens is 1. The van der Waals surface area contributed by atoms with Crippen molar-refractivity contribution in [3.63, 3.8) is 0 Å². The minimum Gasteiger partial charge on any atom is -0.375 e. The van der Waals surface area contributed by atoms with Crippen molar-refractivity contribution < 1.29 is 13.2 Å². The molecule has 0 aromatic carbocycles. The number of rotatable bonds is 3. The maximum Gasteiger partial charge on any atom is 0.238 e. The molecule has 2 aliphatic rings. The Bertz CT molecular complexity index is 321. The van der Waals surface area contributed by atoms with E-state index in [4.69, 9.17) is 15.4 Å². The summed E-state index contributed by atoms with van der Waals surface area (Å²) in [5.41, 5.74) is 0. The molecule has 1 saturated heterocycles. The third-order valence-corrected chi connectivity index (χ3v) is 5.84.